The molecule has 0 saturated heterocycles. The fraction of sp³-hybridized carbons (Fsp3) is 0.222. The maximum Gasteiger partial charge on any atom is 0.251 e. The van der Waals surface area contributed by atoms with Crippen LogP contribution in [0.1, 0.15) is 16.1 Å². The van der Waals surface area contributed by atoms with Gasteiger partial charge < -0.3 is 5.73 Å². The lowest BCUT2D eigenvalue weighted by atomic mass is 10.2. The predicted molar refractivity (Wildman–Crippen MR) is 56.8 cm³/mol. The molecule has 0 spiro atoms. The smallest absolute Gasteiger partial charge is 0.251 e. The van der Waals surface area contributed by atoms with E-state index in [9.17, 15) is 4.79 Å². The number of primary amides is 1. The SMILES string of the molecule is Cc1nn(C)c2ncc(C(N)=O)c(Cl)c12. The highest BCUT2D eigenvalue weighted by Gasteiger charge is 2.16. The molecule has 0 aliphatic rings. The van der Waals surface area contributed by atoms with Gasteiger partial charge in [-0.25, -0.2) is 4.98 Å². The Morgan fingerprint density at radius 1 is 1.60 bits per heavy atom. The zero-order chi connectivity index (χ0) is 11.2. The van der Waals surface area contributed by atoms with Crippen LogP contribution in [0, 0.1) is 6.92 Å². The highest BCUT2D eigenvalue weighted by atomic mass is 35.5. The second-order valence-corrected chi connectivity index (χ2v) is 3.64. The first-order valence-corrected chi connectivity index (χ1v) is 4.67. The van der Waals surface area contributed by atoms with Crippen molar-refractivity contribution in [2.75, 3.05) is 0 Å². The summed E-state index contributed by atoms with van der Waals surface area (Å²) in [5.41, 5.74) is 6.77. The normalized spacial score (nSPS) is 10.9. The van der Waals surface area contributed by atoms with Gasteiger partial charge in [-0.3, -0.25) is 9.48 Å². The molecule has 0 radical (unpaired) electrons. The summed E-state index contributed by atoms with van der Waals surface area (Å²) in [5.74, 6) is -0.586. The highest BCUT2D eigenvalue weighted by molar-refractivity contribution is 6.38. The Hall–Kier alpha value is -1.62. The van der Waals surface area contributed by atoms with Crippen LogP contribution >= 0.6 is 11.6 Å². The molecular weight excluding hydrogens is 216 g/mol. The lowest BCUT2D eigenvalue weighted by Crippen LogP contribution is -2.12. The number of aromatic nitrogens is 3. The van der Waals surface area contributed by atoms with Crippen LogP contribution < -0.4 is 5.73 Å². The highest BCUT2D eigenvalue weighted by Crippen LogP contribution is 2.27. The van der Waals surface area contributed by atoms with Gasteiger partial charge in [-0.05, 0) is 6.92 Å². The molecule has 2 aromatic heterocycles. The second kappa shape index (κ2) is 3.20. The third-order valence-corrected chi connectivity index (χ3v) is 2.62. The maximum absolute atomic E-state index is 11.1. The summed E-state index contributed by atoms with van der Waals surface area (Å²) >= 11 is 6.06. The number of nitrogens with two attached hydrogens (primary N) is 1. The third-order valence-electron chi connectivity index (χ3n) is 2.23. The Kier molecular flexibility index (Phi) is 2.12. The number of hydrogen-bond donors (Lipinski definition) is 1. The molecule has 0 saturated carbocycles. The lowest BCUT2D eigenvalue weighted by Gasteiger charge is -2.00. The first kappa shape index (κ1) is 9.92. The van der Waals surface area contributed by atoms with Crippen LogP contribution in [0.4, 0.5) is 0 Å². The van der Waals surface area contributed by atoms with E-state index in [2.05, 4.69) is 10.1 Å². The van der Waals surface area contributed by atoms with Gasteiger partial charge in [0.1, 0.15) is 0 Å². The van der Waals surface area contributed by atoms with Gasteiger partial charge in [-0.2, -0.15) is 5.10 Å². The molecule has 2 aromatic rings. The molecule has 1 amide bonds. The third kappa shape index (κ3) is 1.35. The van der Waals surface area contributed by atoms with Crippen molar-refractivity contribution in [3.05, 3.63) is 22.5 Å². The van der Waals surface area contributed by atoms with E-state index in [0.717, 1.165) is 5.69 Å². The van der Waals surface area contributed by atoms with Crippen molar-refractivity contribution in [1.82, 2.24) is 14.8 Å². The zero-order valence-electron chi connectivity index (χ0n) is 8.28. The molecule has 0 atom stereocenters. The molecule has 0 unspecified atom stereocenters. The number of amides is 1. The van der Waals surface area contributed by atoms with E-state index in [1.54, 1.807) is 18.7 Å². The van der Waals surface area contributed by atoms with E-state index in [0.29, 0.717) is 16.1 Å². The molecule has 2 rings (SSSR count). The number of nitrogens with zero attached hydrogens (tertiary/aromatic N) is 3. The van der Waals surface area contributed by atoms with Crippen LogP contribution in [0.15, 0.2) is 6.20 Å². The van der Waals surface area contributed by atoms with E-state index in [1.165, 1.54) is 6.20 Å². The van der Waals surface area contributed by atoms with Crippen LogP contribution in [0.25, 0.3) is 11.0 Å². The minimum absolute atomic E-state index is 0.222. The number of pyridine rings is 1. The van der Waals surface area contributed by atoms with E-state index >= 15 is 0 Å². The summed E-state index contributed by atoms with van der Waals surface area (Å²) in [6.07, 6.45) is 1.37. The standard InChI is InChI=1S/C9H9ClN4O/c1-4-6-7(10)5(8(11)15)3-12-9(6)14(2)13-4/h3H,1-2H3,(H2,11,15). The topological polar surface area (TPSA) is 73.8 Å². The lowest BCUT2D eigenvalue weighted by molar-refractivity contribution is 0.100. The average Bonchev–Trinajstić information content (AvgIpc) is 2.43. The molecule has 0 aromatic carbocycles. The number of carbonyl (C=O) groups is 1. The maximum atomic E-state index is 11.1. The number of aryl methyl sites for hydroxylation is 2. The molecule has 0 fully saturated rings. The Bertz CT molecular complexity index is 561. The van der Waals surface area contributed by atoms with Crippen molar-refractivity contribution in [3.8, 4) is 0 Å². The summed E-state index contributed by atoms with van der Waals surface area (Å²) in [4.78, 5) is 15.2. The fourth-order valence-electron chi connectivity index (χ4n) is 1.54. The van der Waals surface area contributed by atoms with Gasteiger partial charge in [0, 0.05) is 13.2 Å². The molecule has 0 bridgehead atoms. The van der Waals surface area contributed by atoms with Crippen molar-refractivity contribution < 1.29 is 4.79 Å². The monoisotopic (exact) mass is 224 g/mol. The first-order chi connectivity index (χ1) is 7.02. The van der Waals surface area contributed by atoms with Crippen molar-refractivity contribution in [2.45, 2.75) is 6.92 Å². The molecular formula is C9H9ClN4O. The van der Waals surface area contributed by atoms with Crippen molar-refractivity contribution in [1.29, 1.82) is 0 Å². The number of halogens is 1. The van der Waals surface area contributed by atoms with Gasteiger partial charge >= 0.3 is 0 Å². The molecule has 2 N–H and O–H groups in total. The quantitative estimate of drug-likeness (QED) is 0.786. The molecule has 15 heavy (non-hydrogen) atoms. The van der Waals surface area contributed by atoms with Gasteiger partial charge in [-0.15, -0.1) is 0 Å². The summed E-state index contributed by atoms with van der Waals surface area (Å²) in [6.45, 7) is 1.81. The van der Waals surface area contributed by atoms with Crippen molar-refractivity contribution in [3.63, 3.8) is 0 Å². The van der Waals surface area contributed by atoms with E-state index in [-0.39, 0.29) is 5.56 Å². The van der Waals surface area contributed by atoms with Crippen LogP contribution in [0.2, 0.25) is 5.02 Å². The molecule has 5 nitrogen and oxygen atoms in total. The van der Waals surface area contributed by atoms with Gasteiger partial charge in [0.15, 0.2) is 5.65 Å². The van der Waals surface area contributed by atoms with Crippen molar-refractivity contribution in [2.24, 2.45) is 12.8 Å². The van der Waals surface area contributed by atoms with E-state index < -0.39 is 5.91 Å². The number of rotatable bonds is 1. The second-order valence-electron chi connectivity index (χ2n) is 3.26. The number of carbonyl (C=O) groups excluding carboxylic acids is 1. The van der Waals surface area contributed by atoms with Gasteiger partial charge in [0.25, 0.3) is 5.91 Å². The summed E-state index contributed by atoms with van der Waals surface area (Å²) in [7, 11) is 1.77. The molecule has 0 aliphatic carbocycles. The van der Waals surface area contributed by atoms with Gasteiger partial charge in [0.05, 0.1) is 21.7 Å². The van der Waals surface area contributed by atoms with Crippen LogP contribution in [-0.2, 0) is 7.05 Å². The molecule has 6 heteroatoms. The van der Waals surface area contributed by atoms with Crippen LogP contribution in [0.3, 0.4) is 0 Å². The van der Waals surface area contributed by atoms with Gasteiger partial charge in [0.2, 0.25) is 0 Å². The Morgan fingerprint density at radius 3 is 2.87 bits per heavy atom. The minimum Gasteiger partial charge on any atom is -0.366 e. The van der Waals surface area contributed by atoms with Crippen molar-refractivity contribution >= 4 is 28.5 Å². The van der Waals surface area contributed by atoms with E-state index in [4.69, 9.17) is 17.3 Å². The van der Waals surface area contributed by atoms with Gasteiger partial charge in [-0.1, -0.05) is 11.6 Å². The summed E-state index contributed by atoms with van der Waals surface area (Å²) < 4.78 is 1.61. The van der Waals surface area contributed by atoms with Crippen LogP contribution in [0.5, 0.6) is 0 Å². The first-order valence-electron chi connectivity index (χ1n) is 4.30. The zero-order valence-corrected chi connectivity index (χ0v) is 9.04. The molecule has 2 heterocycles. The largest absolute Gasteiger partial charge is 0.366 e. The summed E-state index contributed by atoms with van der Waals surface area (Å²) in [5, 5.41) is 5.16. The Labute approximate surface area is 90.8 Å². The molecule has 78 valence electrons. The Morgan fingerprint density at radius 2 is 2.27 bits per heavy atom. The fourth-order valence-corrected chi connectivity index (χ4v) is 1.90. The number of fused-ring (bicyclic) bond motifs is 1. The molecule has 0 aliphatic heterocycles. The minimum atomic E-state index is -0.586. The predicted octanol–water partition coefficient (Wildman–Crippen LogP) is 1.03. The summed E-state index contributed by atoms with van der Waals surface area (Å²) in [6, 6.07) is 0. The van der Waals surface area contributed by atoms with E-state index in [1.807, 2.05) is 0 Å². The van der Waals surface area contributed by atoms with Crippen LogP contribution in [-0.4, -0.2) is 20.7 Å². The number of hydrogen-bond acceptors (Lipinski definition) is 3. The average molecular weight is 225 g/mol. The Balaban J connectivity index is 2.89.